The first-order chi connectivity index (χ1) is 14.0. The molecule has 2 aromatic rings. The fourth-order valence-electron chi connectivity index (χ4n) is 3.85. The highest BCUT2D eigenvalue weighted by molar-refractivity contribution is 5.79. The van der Waals surface area contributed by atoms with E-state index in [0.717, 1.165) is 24.0 Å². The molecule has 1 aliphatic rings. The number of benzene rings is 2. The van der Waals surface area contributed by atoms with Gasteiger partial charge in [0.15, 0.2) is 0 Å². The molecule has 1 atom stereocenters. The number of nitrogens with one attached hydrogen (secondary N) is 1. The molecular weight excluding hydrogens is 364 g/mol. The number of esters is 1. The van der Waals surface area contributed by atoms with E-state index in [2.05, 4.69) is 23.5 Å². The number of hydrogen-bond donors (Lipinski definition) is 1. The Morgan fingerprint density at radius 1 is 1.03 bits per heavy atom. The number of nitrogens with zero attached hydrogens (tertiary/aromatic N) is 1. The fourth-order valence-corrected chi connectivity index (χ4v) is 3.85. The number of amides is 1. The number of carbonyl (C=O) groups excluding carboxylic acids is 2. The molecule has 0 saturated heterocycles. The topological polar surface area (TPSA) is 58.6 Å². The van der Waals surface area contributed by atoms with Gasteiger partial charge in [0, 0.05) is 6.54 Å². The first-order valence-electron chi connectivity index (χ1n) is 10.3. The van der Waals surface area contributed by atoms with E-state index in [1.807, 2.05) is 37.3 Å². The summed E-state index contributed by atoms with van der Waals surface area (Å²) in [5, 5.41) is 3.08. The third-order valence-electron chi connectivity index (χ3n) is 5.45. The highest BCUT2D eigenvalue weighted by Crippen LogP contribution is 2.24. The van der Waals surface area contributed by atoms with E-state index >= 15 is 0 Å². The molecule has 3 rings (SSSR count). The van der Waals surface area contributed by atoms with Gasteiger partial charge in [-0.3, -0.25) is 14.5 Å². The van der Waals surface area contributed by atoms with E-state index in [1.54, 1.807) is 4.90 Å². The molecule has 0 spiro atoms. The highest BCUT2D eigenvalue weighted by Gasteiger charge is 2.18. The zero-order valence-electron chi connectivity index (χ0n) is 17.3. The molecule has 5 heteroatoms. The molecule has 5 nitrogen and oxygen atoms in total. The molecule has 0 aromatic heterocycles. The minimum absolute atomic E-state index is 0.0754. The molecule has 1 amide bonds. The maximum Gasteiger partial charge on any atom is 0.319 e. The van der Waals surface area contributed by atoms with Crippen LogP contribution in [0.4, 0.5) is 0 Å². The summed E-state index contributed by atoms with van der Waals surface area (Å²) in [4.78, 5) is 26.3. The second-order valence-corrected chi connectivity index (χ2v) is 7.73. The Morgan fingerprint density at radius 2 is 1.76 bits per heavy atom. The van der Waals surface area contributed by atoms with E-state index in [0.29, 0.717) is 6.54 Å². The Balaban J connectivity index is 1.61. The summed E-state index contributed by atoms with van der Waals surface area (Å²) >= 11 is 0. The minimum Gasteiger partial charge on any atom is -0.468 e. The van der Waals surface area contributed by atoms with Crippen LogP contribution < -0.4 is 5.32 Å². The van der Waals surface area contributed by atoms with Crippen LogP contribution in [0.2, 0.25) is 0 Å². The van der Waals surface area contributed by atoms with Gasteiger partial charge in [0.1, 0.15) is 0 Å². The van der Waals surface area contributed by atoms with Crippen LogP contribution in [0, 0.1) is 0 Å². The molecular formula is C24H30N2O3. The van der Waals surface area contributed by atoms with E-state index in [9.17, 15) is 9.59 Å². The van der Waals surface area contributed by atoms with Crippen molar-refractivity contribution in [2.45, 2.75) is 45.2 Å². The molecule has 0 radical (unpaired) electrons. The number of rotatable bonds is 8. The van der Waals surface area contributed by atoms with E-state index in [1.165, 1.54) is 31.1 Å². The van der Waals surface area contributed by atoms with Crippen LogP contribution in [0.3, 0.4) is 0 Å². The van der Waals surface area contributed by atoms with Gasteiger partial charge in [-0.25, -0.2) is 0 Å². The van der Waals surface area contributed by atoms with Gasteiger partial charge in [-0.2, -0.15) is 0 Å². The summed E-state index contributed by atoms with van der Waals surface area (Å²) in [6.07, 6.45) is 4.77. The molecule has 29 heavy (non-hydrogen) atoms. The quantitative estimate of drug-likeness (QED) is 0.697. The highest BCUT2D eigenvalue weighted by atomic mass is 16.5. The van der Waals surface area contributed by atoms with E-state index < -0.39 is 0 Å². The first-order valence-corrected chi connectivity index (χ1v) is 10.3. The zero-order valence-corrected chi connectivity index (χ0v) is 17.3. The molecule has 1 N–H and O–H groups in total. The maximum atomic E-state index is 12.7. The van der Waals surface area contributed by atoms with E-state index in [4.69, 9.17) is 4.74 Å². The summed E-state index contributed by atoms with van der Waals surface area (Å²) in [7, 11) is 1.36. The van der Waals surface area contributed by atoms with Crippen molar-refractivity contribution in [1.82, 2.24) is 10.2 Å². The fraction of sp³-hybridized carbons (Fsp3) is 0.417. The SMILES string of the molecule is COC(=O)CN(CC(=O)NC(C)c1ccc2c(c1)CCCC2)Cc1ccccc1. The summed E-state index contributed by atoms with van der Waals surface area (Å²) < 4.78 is 4.79. The summed E-state index contributed by atoms with van der Waals surface area (Å²) in [5.41, 5.74) is 5.02. The largest absolute Gasteiger partial charge is 0.468 e. The van der Waals surface area contributed by atoms with Gasteiger partial charge in [-0.15, -0.1) is 0 Å². The Labute approximate surface area is 173 Å². The van der Waals surface area contributed by atoms with Crippen LogP contribution in [-0.4, -0.2) is 37.0 Å². The van der Waals surface area contributed by atoms with Crippen LogP contribution >= 0.6 is 0 Å². The third-order valence-corrected chi connectivity index (χ3v) is 5.45. The van der Waals surface area contributed by atoms with Crippen molar-refractivity contribution in [3.05, 3.63) is 70.8 Å². The molecule has 0 aliphatic heterocycles. The number of ether oxygens (including phenoxy) is 1. The normalized spacial score (nSPS) is 14.2. The Morgan fingerprint density at radius 3 is 2.48 bits per heavy atom. The van der Waals surface area contributed by atoms with Crippen LogP contribution in [0.5, 0.6) is 0 Å². The predicted octanol–water partition coefficient (Wildman–Crippen LogP) is 3.42. The molecule has 0 bridgehead atoms. The second-order valence-electron chi connectivity index (χ2n) is 7.73. The lowest BCUT2D eigenvalue weighted by Gasteiger charge is -2.23. The standard InChI is InChI=1S/C24H30N2O3/c1-18(21-13-12-20-10-6-7-11-22(20)14-21)25-23(27)16-26(17-24(28)29-2)15-19-8-4-3-5-9-19/h3-5,8-9,12-14,18H,6-7,10-11,15-17H2,1-2H3,(H,25,27). The van der Waals surface area contributed by atoms with Crippen molar-refractivity contribution < 1.29 is 14.3 Å². The van der Waals surface area contributed by atoms with Gasteiger partial charge in [-0.1, -0.05) is 48.5 Å². The Kier molecular flexibility index (Phi) is 7.42. The van der Waals surface area contributed by atoms with Gasteiger partial charge in [0.05, 0.1) is 26.2 Å². The van der Waals surface area contributed by atoms with Crippen LogP contribution in [0.1, 0.15) is 48.1 Å². The van der Waals surface area contributed by atoms with Crippen molar-refractivity contribution in [3.8, 4) is 0 Å². The Hall–Kier alpha value is -2.66. The Bertz CT molecular complexity index is 835. The third kappa shape index (κ3) is 6.16. The summed E-state index contributed by atoms with van der Waals surface area (Å²) in [6.45, 7) is 2.73. The first kappa shape index (κ1) is 21.1. The monoisotopic (exact) mass is 394 g/mol. The average molecular weight is 395 g/mol. The number of fused-ring (bicyclic) bond motifs is 1. The van der Waals surface area contributed by atoms with Crippen molar-refractivity contribution in [1.29, 1.82) is 0 Å². The van der Waals surface area contributed by atoms with Crippen LogP contribution in [-0.2, 0) is 33.7 Å². The van der Waals surface area contributed by atoms with E-state index in [-0.39, 0.29) is 31.0 Å². The lowest BCUT2D eigenvalue weighted by Crippen LogP contribution is -2.40. The lowest BCUT2D eigenvalue weighted by molar-refractivity contribution is -0.142. The van der Waals surface area contributed by atoms with Crippen LogP contribution in [0.15, 0.2) is 48.5 Å². The number of hydrogen-bond acceptors (Lipinski definition) is 4. The summed E-state index contributed by atoms with van der Waals surface area (Å²) in [6, 6.07) is 16.3. The molecule has 0 heterocycles. The molecule has 154 valence electrons. The van der Waals surface area contributed by atoms with Crippen molar-refractivity contribution in [2.24, 2.45) is 0 Å². The van der Waals surface area contributed by atoms with Gasteiger partial charge in [0.25, 0.3) is 0 Å². The van der Waals surface area contributed by atoms with Crippen LogP contribution in [0.25, 0.3) is 0 Å². The molecule has 0 saturated carbocycles. The molecule has 1 unspecified atom stereocenters. The number of aryl methyl sites for hydroxylation is 2. The number of methoxy groups -OCH3 is 1. The summed E-state index contributed by atoms with van der Waals surface area (Å²) in [5.74, 6) is -0.452. The number of carbonyl (C=O) groups is 2. The van der Waals surface area contributed by atoms with Crippen molar-refractivity contribution >= 4 is 11.9 Å². The molecule has 0 fully saturated rings. The van der Waals surface area contributed by atoms with Crippen molar-refractivity contribution in [2.75, 3.05) is 20.2 Å². The predicted molar refractivity (Wildman–Crippen MR) is 113 cm³/mol. The van der Waals surface area contributed by atoms with Gasteiger partial charge in [-0.05, 0) is 54.9 Å². The maximum absolute atomic E-state index is 12.7. The van der Waals surface area contributed by atoms with Gasteiger partial charge in [0.2, 0.25) is 5.91 Å². The van der Waals surface area contributed by atoms with Gasteiger partial charge >= 0.3 is 5.97 Å². The van der Waals surface area contributed by atoms with Crippen molar-refractivity contribution in [3.63, 3.8) is 0 Å². The molecule has 2 aromatic carbocycles. The van der Waals surface area contributed by atoms with Gasteiger partial charge < -0.3 is 10.1 Å². The minimum atomic E-state index is -0.350. The second kappa shape index (κ2) is 10.2. The lowest BCUT2D eigenvalue weighted by atomic mass is 9.89. The average Bonchev–Trinajstić information content (AvgIpc) is 2.73. The zero-order chi connectivity index (χ0) is 20.6. The smallest absolute Gasteiger partial charge is 0.319 e. The molecule has 1 aliphatic carbocycles.